The SMILES string of the molecule is CCCC(CNC(=O)OC(C)(C)C)NCc1ccc(O)c(Br)c1. The van der Waals surface area contributed by atoms with Gasteiger partial charge in [0.1, 0.15) is 11.4 Å². The Balaban J connectivity index is 2.48. The van der Waals surface area contributed by atoms with Crippen molar-refractivity contribution in [2.24, 2.45) is 0 Å². The second kappa shape index (κ2) is 9.13. The van der Waals surface area contributed by atoms with Crippen molar-refractivity contribution in [1.82, 2.24) is 10.6 Å². The van der Waals surface area contributed by atoms with E-state index in [9.17, 15) is 9.90 Å². The van der Waals surface area contributed by atoms with Crippen molar-refractivity contribution >= 4 is 22.0 Å². The Bertz CT molecular complexity index is 515. The van der Waals surface area contributed by atoms with E-state index >= 15 is 0 Å². The summed E-state index contributed by atoms with van der Waals surface area (Å²) >= 11 is 3.31. The largest absolute Gasteiger partial charge is 0.507 e. The summed E-state index contributed by atoms with van der Waals surface area (Å²) in [6.07, 6.45) is 1.58. The molecule has 0 bridgehead atoms. The number of hydrogen-bond donors (Lipinski definition) is 3. The van der Waals surface area contributed by atoms with Crippen LogP contribution in [0.2, 0.25) is 0 Å². The van der Waals surface area contributed by atoms with Crippen LogP contribution < -0.4 is 10.6 Å². The van der Waals surface area contributed by atoms with Gasteiger partial charge >= 0.3 is 6.09 Å². The summed E-state index contributed by atoms with van der Waals surface area (Å²) < 4.78 is 5.92. The summed E-state index contributed by atoms with van der Waals surface area (Å²) in [5.41, 5.74) is 0.573. The van der Waals surface area contributed by atoms with Crippen LogP contribution in [0.15, 0.2) is 22.7 Å². The molecule has 0 aromatic heterocycles. The molecule has 1 atom stereocenters. The number of carbonyl (C=O) groups excluding carboxylic acids is 1. The third kappa shape index (κ3) is 8.23. The van der Waals surface area contributed by atoms with Crippen LogP contribution in [-0.2, 0) is 11.3 Å². The Morgan fingerprint density at radius 2 is 2.09 bits per heavy atom. The molecule has 3 N–H and O–H groups in total. The van der Waals surface area contributed by atoms with Gasteiger partial charge in [0, 0.05) is 19.1 Å². The molecule has 6 heteroatoms. The molecule has 0 radical (unpaired) electrons. The fraction of sp³-hybridized carbons (Fsp3) is 0.588. The van der Waals surface area contributed by atoms with Gasteiger partial charge in [-0.3, -0.25) is 0 Å². The second-order valence-corrected chi connectivity index (χ2v) is 7.39. The molecule has 0 spiro atoms. The standard InChI is InChI=1S/C17H27BrN2O3/c1-5-6-13(11-20-16(22)23-17(2,3)4)19-10-12-7-8-15(21)14(18)9-12/h7-9,13,19,21H,5-6,10-11H2,1-4H3,(H,20,22). The van der Waals surface area contributed by atoms with Crippen LogP contribution in [0.25, 0.3) is 0 Å². The molecule has 1 amide bonds. The highest BCUT2D eigenvalue weighted by atomic mass is 79.9. The number of aromatic hydroxyl groups is 1. The van der Waals surface area contributed by atoms with Crippen LogP contribution in [0.3, 0.4) is 0 Å². The smallest absolute Gasteiger partial charge is 0.407 e. The van der Waals surface area contributed by atoms with Gasteiger partial charge in [0.25, 0.3) is 0 Å². The van der Waals surface area contributed by atoms with E-state index in [0.29, 0.717) is 17.6 Å². The monoisotopic (exact) mass is 386 g/mol. The van der Waals surface area contributed by atoms with Gasteiger partial charge in [0.15, 0.2) is 0 Å². The van der Waals surface area contributed by atoms with Crippen LogP contribution in [-0.4, -0.2) is 29.4 Å². The van der Waals surface area contributed by atoms with Gasteiger partial charge in [0.05, 0.1) is 4.47 Å². The van der Waals surface area contributed by atoms with E-state index in [2.05, 4.69) is 33.5 Å². The molecule has 130 valence electrons. The van der Waals surface area contributed by atoms with E-state index in [0.717, 1.165) is 18.4 Å². The van der Waals surface area contributed by atoms with Crippen molar-refractivity contribution < 1.29 is 14.6 Å². The van der Waals surface area contributed by atoms with Crippen LogP contribution in [0.5, 0.6) is 5.75 Å². The zero-order chi connectivity index (χ0) is 17.5. The third-order valence-electron chi connectivity index (χ3n) is 3.14. The Morgan fingerprint density at radius 1 is 1.39 bits per heavy atom. The quantitative estimate of drug-likeness (QED) is 0.663. The molecule has 1 aromatic rings. The van der Waals surface area contributed by atoms with Gasteiger partial charge in [-0.25, -0.2) is 4.79 Å². The highest BCUT2D eigenvalue weighted by molar-refractivity contribution is 9.10. The maximum atomic E-state index is 11.7. The molecule has 0 saturated heterocycles. The number of rotatable bonds is 7. The molecule has 0 aliphatic heterocycles. The Labute approximate surface area is 146 Å². The Morgan fingerprint density at radius 3 is 2.65 bits per heavy atom. The first kappa shape index (κ1) is 19.8. The molecule has 5 nitrogen and oxygen atoms in total. The van der Waals surface area contributed by atoms with E-state index in [1.54, 1.807) is 6.07 Å². The zero-order valence-corrected chi connectivity index (χ0v) is 15.9. The number of nitrogens with one attached hydrogen (secondary N) is 2. The minimum absolute atomic E-state index is 0.167. The highest BCUT2D eigenvalue weighted by Gasteiger charge is 2.17. The number of benzene rings is 1. The number of ether oxygens (including phenoxy) is 1. The van der Waals surface area contributed by atoms with Gasteiger partial charge < -0.3 is 20.5 Å². The zero-order valence-electron chi connectivity index (χ0n) is 14.3. The number of phenols is 1. The van der Waals surface area contributed by atoms with Gasteiger partial charge in [-0.2, -0.15) is 0 Å². The molecule has 0 aliphatic rings. The molecule has 0 fully saturated rings. The summed E-state index contributed by atoms with van der Waals surface area (Å²) in [5.74, 6) is 0.227. The molecule has 0 heterocycles. The van der Waals surface area contributed by atoms with Gasteiger partial charge in [-0.05, 0) is 60.8 Å². The molecule has 0 aliphatic carbocycles. The lowest BCUT2D eigenvalue weighted by Crippen LogP contribution is -2.42. The van der Waals surface area contributed by atoms with Crippen molar-refractivity contribution in [1.29, 1.82) is 0 Å². The van der Waals surface area contributed by atoms with Crippen molar-refractivity contribution in [3.63, 3.8) is 0 Å². The topological polar surface area (TPSA) is 70.6 Å². The van der Waals surface area contributed by atoms with Crippen LogP contribution in [0, 0.1) is 0 Å². The predicted octanol–water partition coefficient (Wildman–Crippen LogP) is 3.94. The third-order valence-corrected chi connectivity index (χ3v) is 3.77. The lowest BCUT2D eigenvalue weighted by molar-refractivity contribution is 0.0521. The molecule has 1 aromatic carbocycles. The van der Waals surface area contributed by atoms with Crippen molar-refractivity contribution in [2.75, 3.05) is 6.54 Å². The fourth-order valence-electron chi connectivity index (χ4n) is 2.07. The van der Waals surface area contributed by atoms with Crippen LogP contribution in [0.1, 0.15) is 46.1 Å². The number of halogens is 1. The van der Waals surface area contributed by atoms with Crippen molar-refractivity contribution in [3.8, 4) is 5.75 Å². The Kier molecular flexibility index (Phi) is 7.85. The van der Waals surface area contributed by atoms with Crippen molar-refractivity contribution in [2.45, 2.75) is 58.7 Å². The summed E-state index contributed by atoms with van der Waals surface area (Å²) in [7, 11) is 0. The first-order chi connectivity index (χ1) is 10.7. The maximum Gasteiger partial charge on any atom is 0.407 e. The average molecular weight is 387 g/mol. The molecule has 1 unspecified atom stereocenters. The lowest BCUT2D eigenvalue weighted by Gasteiger charge is -2.22. The van der Waals surface area contributed by atoms with E-state index < -0.39 is 11.7 Å². The number of carbonyl (C=O) groups is 1. The second-order valence-electron chi connectivity index (χ2n) is 6.54. The lowest BCUT2D eigenvalue weighted by atomic mass is 10.1. The minimum Gasteiger partial charge on any atom is -0.507 e. The van der Waals surface area contributed by atoms with E-state index in [-0.39, 0.29) is 11.8 Å². The summed E-state index contributed by atoms with van der Waals surface area (Å²) in [6.45, 7) is 8.83. The summed E-state index contributed by atoms with van der Waals surface area (Å²) in [4.78, 5) is 11.7. The van der Waals surface area contributed by atoms with E-state index in [4.69, 9.17) is 4.74 Å². The van der Waals surface area contributed by atoms with Crippen molar-refractivity contribution in [3.05, 3.63) is 28.2 Å². The average Bonchev–Trinajstić information content (AvgIpc) is 2.43. The number of amides is 1. The fourth-order valence-corrected chi connectivity index (χ4v) is 2.49. The maximum absolute atomic E-state index is 11.7. The molecular formula is C17H27BrN2O3. The first-order valence-corrected chi connectivity index (χ1v) is 8.68. The normalized spacial score (nSPS) is 12.7. The molecule has 23 heavy (non-hydrogen) atoms. The van der Waals surface area contributed by atoms with E-state index in [1.807, 2.05) is 32.9 Å². The summed E-state index contributed by atoms with van der Waals surface area (Å²) in [6, 6.07) is 5.58. The Hall–Kier alpha value is -1.27. The minimum atomic E-state index is -0.490. The first-order valence-electron chi connectivity index (χ1n) is 7.89. The number of alkyl carbamates (subject to hydrolysis) is 1. The van der Waals surface area contributed by atoms with Gasteiger partial charge in [-0.15, -0.1) is 0 Å². The van der Waals surface area contributed by atoms with E-state index in [1.165, 1.54) is 0 Å². The van der Waals surface area contributed by atoms with Crippen LogP contribution in [0.4, 0.5) is 4.79 Å². The summed E-state index contributed by atoms with van der Waals surface area (Å²) in [5, 5.41) is 15.8. The molecular weight excluding hydrogens is 360 g/mol. The highest BCUT2D eigenvalue weighted by Crippen LogP contribution is 2.24. The number of hydrogen-bond acceptors (Lipinski definition) is 4. The van der Waals surface area contributed by atoms with Gasteiger partial charge in [-0.1, -0.05) is 19.4 Å². The molecule has 1 rings (SSSR count). The number of phenolic OH excluding ortho intramolecular Hbond substituents is 1. The predicted molar refractivity (Wildman–Crippen MR) is 95.6 cm³/mol. The molecule has 0 saturated carbocycles. The van der Waals surface area contributed by atoms with Gasteiger partial charge in [0.2, 0.25) is 0 Å². The van der Waals surface area contributed by atoms with Crippen LogP contribution >= 0.6 is 15.9 Å².